The maximum absolute atomic E-state index is 14.3. The number of esters is 6. The third kappa shape index (κ3) is 36.0. The van der Waals surface area contributed by atoms with Crippen molar-refractivity contribution < 1.29 is 66.7 Å². The number of unbranched alkanes of at least 4 members (excludes halogenated alkanes) is 20. The van der Waals surface area contributed by atoms with Crippen LogP contribution in [0.15, 0.2) is 0 Å². The predicted octanol–water partition coefficient (Wildman–Crippen LogP) is 13.1. The molecule has 16 heteroatoms. The summed E-state index contributed by atoms with van der Waals surface area (Å²) in [4.78, 5) is 96.4. The fourth-order valence-electron chi connectivity index (χ4n) is 10.0. The zero-order valence-electron chi connectivity index (χ0n) is 49.1. The van der Waals surface area contributed by atoms with Gasteiger partial charge in [0.25, 0.3) is 0 Å². The van der Waals surface area contributed by atoms with Gasteiger partial charge in [0.15, 0.2) is 0 Å². The topological polar surface area (TPSA) is 191 Å². The third-order valence-corrected chi connectivity index (χ3v) is 14.8. The van der Waals surface area contributed by atoms with Crippen molar-refractivity contribution in [2.45, 2.75) is 277 Å². The molecule has 446 valence electrons. The first-order valence-electron chi connectivity index (χ1n) is 31.0. The summed E-state index contributed by atoms with van der Waals surface area (Å²) in [5, 5.41) is 0. The van der Waals surface area contributed by atoms with Crippen molar-refractivity contribution in [3.63, 3.8) is 0 Å². The van der Waals surface area contributed by atoms with E-state index in [0.29, 0.717) is 57.9 Å². The van der Waals surface area contributed by atoms with Crippen LogP contribution in [0.5, 0.6) is 0 Å². The van der Waals surface area contributed by atoms with Gasteiger partial charge in [0.05, 0.1) is 51.4 Å². The number of carbonyl (C=O) groups excluding carboxylic acids is 7. The molecule has 77 heavy (non-hydrogen) atoms. The highest BCUT2D eigenvalue weighted by molar-refractivity contribution is 5.73. The van der Waals surface area contributed by atoms with Gasteiger partial charge in [-0.15, -0.1) is 0 Å². The largest absolute Gasteiger partial charge is 0.465 e. The lowest BCUT2D eigenvalue weighted by molar-refractivity contribution is -0.157. The second kappa shape index (κ2) is 45.9. The van der Waals surface area contributed by atoms with Crippen molar-refractivity contribution in [1.29, 1.82) is 0 Å². The highest BCUT2D eigenvalue weighted by Gasteiger charge is 2.38. The first-order chi connectivity index (χ1) is 37.4. The van der Waals surface area contributed by atoms with Crippen molar-refractivity contribution in [2.24, 2.45) is 11.8 Å². The van der Waals surface area contributed by atoms with Crippen LogP contribution in [-0.4, -0.2) is 130 Å². The van der Waals surface area contributed by atoms with Crippen LogP contribution in [0.1, 0.15) is 259 Å². The lowest BCUT2D eigenvalue weighted by atomic mass is 9.96. The molecule has 0 N–H and O–H groups in total. The van der Waals surface area contributed by atoms with Gasteiger partial charge in [-0.25, -0.2) is 4.79 Å². The average Bonchev–Trinajstić information content (AvgIpc) is 3.63. The monoisotopic (exact) mass is 1090 g/mol. The SMILES string of the molecule is CCCCCCCCC(=O)OCC(COC(=O)CCCCCCCC)CC(=O)OC[C@@H]1CCC[C@@H](COC(=O)CC(COC(=O)CCCCCCCC)COC(=O)CCCCCCCC)N1C(=O)OC1CCCCN(C)C1. The van der Waals surface area contributed by atoms with E-state index < -0.39 is 42.0 Å². The van der Waals surface area contributed by atoms with Crippen LogP contribution in [0.25, 0.3) is 0 Å². The van der Waals surface area contributed by atoms with Crippen LogP contribution < -0.4 is 0 Å². The third-order valence-electron chi connectivity index (χ3n) is 14.8. The Bertz CT molecular complexity index is 1440. The average molecular weight is 1090 g/mol. The molecular weight excluding hydrogens is 985 g/mol. The summed E-state index contributed by atoms with van der Waals surface area (Å²) in [7, 11) is 2.00. The number of piperidine rings is 1. The van der Waals surface area contributed by atoms with Crippen LogP contribution in [0, 0.1) is 11.8 Å². The van der Waals surface area contributed by atoms with Crippen molar-refractivity contribution in [3.05, 3.63) is 0 Å². The Hall–Kier alpha value is -3.95. The molecule has 2 heterocycles. The number of hydrogen-bond donors (Lipinski definition) is 0. The van der Waals surface area contributed by atoms with Crippen molar-refractivity contribution in [2.75, 3.05) is 59.8 Å². The van der Waals surface area contributed by atoms with Crippen LogP contribution >= 0.6 is 0 Å². The van der Waals surface area contributed by atoms with E-state index in [-0.39, 0.29) is 108 Å². The van der Waals surface area contributed by atoms with Gasteiger partial charge in [0, 0.05) is 44.1 Å². The first-order valence-corrected chi connectivity index (χ1v) is 31.0. The van der Waals surface area contributed by atoms with E-state index in [0.717, 1.165) is 122 Å². The number of amides is 1. The number of hydrogen-bond acceptors (Lipinski definition) is 15. The number of ether oxygens (including phenoxy) is 7. The van der Waals surface area contributed by atoms with E-state index in [1.165, 1.54) is 25.7 Å². The van der Waals surface area contributed by atoms with Gasteiger partial charge >= 0.3 is 41.9 Å². The Morgan fingerprint density at radius 2 is 0.740 bits per heavy atom. The summed E-state index contributed by atoms with van der Waals surface area (Å²) >= 11 is 0. The Morgan fingerprint density at radius 3 is 1.09 bits per heavy atom. The van der Waals surface area contributed by atoms with Gasteiger partial charge in [0.1, 0.15) is 19.3 Å². The first kappa shape index (κ1) is 69.2. The smallest absolute Gasteiger partial charge is 0.410 e. The Kier molecular flexibility index (Phi) is 41.2. The molecule has 1 unspecified atom stereocenters. The van der Waals surface area contributed by atoms with Crippen molar-refractivity contribution in [1.82, 2.24) is 9.80 Å². The lowest BCUT2D eigenvalue weighted by Crippen LogP contribution is -2.55. The maximum Gasteiger partial charge on any atom is 0.410 e. The molecule has 0 radical (unpaired) electrons. The Balaban J connectivity index is 2.17. The number of likely N-dealkylation sites (N-methyl/N-ethyl adjacent to an activating group) is 1. The molecule has 2 fully saturated rings. The summed E-state index contributed by atoms with van der Waals surface area (Å²) < 4.78 is 40.5. The standard InChI is InChI=1S/C61H108N2O14/c1-6-10-14-18-22-26-36-55(64)71-44-50(45-72-56(65)37-27-23-19-15-11-7-2)41-59(68)75-48-52-33-32-34-53(63(52)61(70)77-54-35-30-31-40-62(5)43-54)49-76-60(69)42-51(46-73-57(66)38-28-24-20-16-12-8-3)47-74-58(67)39-29-25-21-17-13-9-4/h50-54H,6-49H2,1-5H3/t52-,53-,54?/m0/s1. The Labute approximate surface area is 465 Å². The van der Waals surface area contributed by atoms with Crippen molar-refractivity contribution >= 4 is 41.9 Å². The molecule has 0 aliphatic carbocycles. The van der Waals surface area contributed by atoms with Gasteiger partial charge in [-0.3, -0.25) is 33.7 Å². The summed E-state index contributed by atoms with van der Waals surface area (Å²) in [5.41, 5.74) is 0. The highest BCUT2D eigenvalue weighted by Crippen LogP contribution is 2.27. The molecule has 0 saturated carbocycles. The van der Waals surface area contributed by atoms with E-state index in [1.807, 2.05) is 7.05 Å². The number of likely N-dealkylation sites (tertiary alicyclic amines) is 2. The molecule has 16 nitrogen and oxygen atoms in total. The number of carbonyl (C=O) groups is 7. The zero-order valence-corrected chi connectivity index (χ0v) is 49.1. The predicted molar refractivity (Wildman–Crippen MR) is 299 cm³/mol. The zero-order chi connectivity index (χ0) is 56.1. The Morgan fingerprint density at radius 1 is 0.403 bits per heavy atom. The summed E-state index contributed by atoms with van der Waals surface area (Å²) in [6, 6.07) is -1.19. The van der Waals surface area contributed by atoms with Crippen LogP contribution in [-0.2, 0) is 61.9 Å². The van der Waals surface area contributed by atoms with E-state index in [2.05, 4.69) is 32.6 Å². The molecule has 0 aromatic rings. The van der Waals surface area contributed by atoms with Gasteiger partial charge in [0.2, 0.25) is 0 Å². The van der Waals surface area contributed by atoms with Gasteiger partial charge < -0.3 is 38.1 Å². The summed E-state index contributed by atoms with van der Waals surface area (Å²) in [5.74, 6) is -3.89. The minimum Gasteiger partial charge on any atom is -0.465 e. The maximum atomic E-state index is 14.3. The molecule has 2 aliphatic rings. The normalized spacial score (nSPS) is 16.9. The van der Waals surface area contributed by atoms with Gasteiger partial charge in [-0.05, 0) is 77.8 Å². The molecule has 2 aliphatic heterocycles. The van der Waals surface area contributed by atoms with E-state index in [4.69, 9.17) is 33.2 Å². The quantitative estimate of drug-likeness (QED) is 0.0318. The highest BCUT2D eigenvalue weighted by atomic mass is 16.6. The molecule has 0 aromatic heterocycles. The van der Waals surface area contributed by atoms with E-state index in [1.54, 1.807) is 4.90 Å². The fraction of sp³-hybridized carbons (Fsp3) is 0.885. The summed E-state index contributed by atoms with van der Waals surface area (Å²) in [6.45, 7) is 9.37. The van der Waals surface area contributed by atoms with Crippen LogP contribution in [0.4, 0.5) is 4.79 Å². The minimum atomic E-state index is -0.632. The molecular formula is C61H108N2O14. The molecule has 1 amide bonds. The number of nitrogens with zero attached hydrogens (tertiary/aromatic N) is 2. The van der Waals surface area contributed by atoms with Gasteiger partial charge in [-0.1, -0.05) is 156 Å². The molecule has 0 bridgehead atoms. The fourth-order valence-corrected chi connectivity index (χ4v) is 10.0. The van der Waals surface area contributed by atoms with Crippen molar-refractivity contribution in [3.8, 4) is 0 Å². The number of rotatable bonds is 45. The lowest BCUT2D eigenvalue weighted by Gasteiger charge is -2.41. The van der Waals surface area contributed by atoms with Gasteiger partial charge in [-0.2, -0.15) is 0 Å². The molecule has 2 saturated heterocycles. The summed E-state index contributed by atoms with van der Waals surface area (Å²) in [6.07, 6.45) is 28.6. The second-order valence-corrected chi connectivity index (χ2v) is 22.2. The van der Waals surface area contributed by atoms with Crippen LogP contribution in [0.3, 0.4) is 0 Å². The molecule has 3 atom stereocenters. The van der Waals surface area contributed by atoms with E-state index in [9.17, 15) is 33.6 Å². The molecule has 0 aromatic carbocycles. The molecule has 0 spiro atoms. The van der Waals surface area contributed by atoms with Crippen LogP contribution in [0.2, 0.25) is 0 Å². The minimum absolute atomic E-state index is 0.108. The molecule has 2 rings (SSSR count). The van der Waals surface area contributed by atoms with E-state index >= 15 is 0 Å². The second-order valence-electron chi connectivity index (χ2n) is 22.2.